The standard InChI is InChI=1S/C23H28Cl3N3O4S/c1-5-10-27-23(31)16(3)28(13-17-7-9-19(24)21(26)11-17)22(30)14-29(34(4,32)33)18-8-6-15(2)20(25)12-18/h6-9,11-12,16H,5,10,13-14H2,1-4H3,(H,27,31)/t16-/m1/s1. The van der Waals surface area contributed by atoms with E-state index in [1.807, 2.05) is 6.92 Å². The summed E-state index contributed by atoms with van der Waals surface area (Å²) in [6.45, 7) is 5.27. The number of carbonyl (C=O) groups is 2. The molecule has 0 saturated carbocycles. The molecule has 2 amide bonds. The molecule has 0 aromatic heterocycles. The zero-order valence-corrected chi connectivity index (χ0v) is 22.5. The Hall–Kier alpha value is -2.00. The van der Waals surface area contributed by atoms with Gasteiger partial charge in [-0.3, -0.25) is 13.9 Å². The van der Waals surface area contributed by atoms with Gasteiger partial charge >= 0.3 is 0 Å². The Balaban J connectivity index is 2.41. The van der Waals surface area contributed by atoms with Crippen molar-refractivity contribution in [2.24, 2.45) is 0 Å². The molecule has 0 fully saturated rings. The Morgan fingerprint density at radius 3 is 2.26 bits per heavy atom. The third kappa shape index (κ3) is 7.50. The summed E-state index contributed by atoms with van der Waals surface area (Å²) in [6, 6.07) is 8.78. The van der Waals surface area contributed by atoms with Gasteiger partial charge in [-0.2, -0.15) is 0 Å². The summed E-state index contributed by atoms with van der Waals surface area (Å²) in [5, 5.41) is 3.81. The molecule has 2 aromatic carbocycles. The quantitative estimate of drug-likeness (QED) is 0.468. The highest BCUT2D eigenvalue weighted by Crippen LogP contribution is 2.26. The Labute approximate surface area is 216 Å². The fourth-order valence-electron chi connectivity index (χ4n) is 3.16. The Morgan fingerprint density at radius 1 is 1.03 bits per heavy atom. The normalized spacial score (nSPS) is 12.2. The summed E-state index contributed by atoms with van der Waals surface area (Å²) in [5.74, 6) is -0.910. The Kier molecular flexibility index (Phi) is 10.1. The van der Waals surface area contributed by atoms with Gasteiger partial charge in [-0.15, -0.1) is 0 Å². The predicted molar refractivity (Wildman–Crippen MR) is 138 cm³/mol. The molecule has 0 aliphatic heterocycles. The second-order valence-corrected chi connectivity index (χ2v) is 11.1. The van der Waals surface area contributed by atoms with Crippen molar-refractivity contribution in [3.63, 3.8) is 0 Å². The van der Waals surface area contributed by atoms with Crippen molar-refractivity contribution in [1.82, 2.24) is 10.2 Å². The molecule has 2 aromatic rings. The van der Waals surface area contributed by atoms with Crippen molar-refractivity contribution in [1.29, 1.82) is 0 Å². The van der Waals surface area contributed by atoms with Crippen molar-refractivity contribution < 1.29 is 18.0 Å². The van der Waals surface area contributed by atoms with E-state index in [0.29, 0.717) is 27.2 Å². The van der Waals surface area contributed by atoms with Crippen LogP contribution in [0.3, 0.4) is 0 Å². The molecule has 0 unspecified atom stereocenters. The maximum absolute atomic E-state index is 13.4. The zero-order valence-electron chi connectivity index (χ0n) is 19.4. The minimum atomic E-state index is -3.83. The van der Waals surface area contributed by atoms with Gasteiger partial charge in [0.1, 0.15) is 12.6 Å². The SMILES string of the molecule is CCCNC(=O)[C@@H](C)N(Cc1ccc(Cl)c(Cl)c1)C(=O)CN(c1ccc(C)c(Cl)c1)S(C)(=O)=O. The second-order valence-electron chi connectivity index (χ2n) is 7.94. The highest BCUT2D eigenvalue weighted by molar-refractivity contribution is 7.92. The number of nitrogens with zero attached hydrogens (tertiary/aromatic N) is 2. The second kappa shape index (κ2) is 12.1. The first kappa shape index (κ1) is 28.2. The van der Waals surface area contributed by atoms with Crippen molar-refractivity contribution in [2.75, 3.05) is 23.7 Å². The van der Waals surface area contributed by atoms with Crippen molar-refractivity contribution in [3.05, 3.63) is 62.6 Å². The topological polar surface area (TPSA) is 86.8 Å². The molecule has 0 spiro atoms. The largest absolute Gasteiger partial charge is 0.354 e. The van der Waals surface area contributed by atoms with Gasteiger partial charge in [-0.25, -0.2) is 8.42 Å². The van der Waals surface area contributed by atoms with Crippen LogP contribution in [0.1, 0.15) is 31.4 Å². The lowest BCUT2D eigenvalue weighted by Crippen LogP contribution is -2.51. The average molecular weight is 549 g/mol. The number of anilines is 1. The lowest BCUT2D eigenvalue weighted by molar-refractivity contribution is -0.139. The van der Waals surface area contributed by atoms with E-state index in [1.165, 1.54) is 11.0 Å². The summed E-state index contributed by atoms with van der Waals surface area (Å²) in [5.41, 5.74) is 1.67. The van der Waals surface area contributed by atoms with Crippen LogP contribution in [-0.2, 0) is 26.2 Å². The van der Waals surface area contributed by atoms with E-state index >= 15 is 0 Å². The molecule has 186 valence electrons. The summed E-state index contributed by atoms with van der Waals surface area (Å²) in [4.78, 5) is 27.5. The van der Waals surface area contributed by atoms with Crippen LogP contribution < -0.4 is 9.62 Å². The smallest absolute Gasteiger partial charge is 0.244 e. The summed E-state index contributed by atoms with van der Waals surface area (Å²) in [7, 11) is -3.83. The number of hydrogen-bond acceptors (Lipinski definition) is 4. The van der Waals surface area contributed by atoms with E-state index in [-0.39, 0.29) is 18.1 Å². The number of nitrogens with one attached hydrogen (secondary N) is 1. The van der Waals surface area contributed by atoms with E-state index in [1.54, 1.807) is 44.2 Å². The van der Waals surface area contributed by atoms with Crippen molar-refractivity contribution >= 4 is 62.3 Å². The highest BCUT2D eigenvalue weighted by Gasteiger charge is 2.30. The van der Waals surface area contributed by atoms with Crippen LogP contribution in [0.25, 0.3) is 0 Å². The van der Waals surface area contributed by atoms with Crippen LogP contribution in [0.5, 0.6) is 0 Å². The fourth-order valence-corrected chi connectivity index (χ4v) is 4.50. The molecule has 2 rings (SSSR count). The van der Waals surface area contributed by atoms with E-state index in [9.17, 15) is 18.0 Å². The molecule has 0 aliphatic carbocycles. The van der Waals surface area contributed by atoms with Crippen LogP contribution >= 0.6 is 34.8 Å². The minimum absolute atomic E-state index is 0.0304. The van der Waals surface area contributed by atoms with Gasteiger partial charge in [-0.1, -0.05) is 53.9 Å². The van der Waals surface area contributed by atoms with E-state index in [2.05, 4.69) is 5.32 Å². The van der Waals surface area contributed by atoms with Gasteiger partial charge in [0.15, 0.2) is 0 Å². The third-order valence-corrected chi connectivity index (χ3v) is 7.46. The zero-order chi connectivity index (χ0) is 25.6. The first-order valence-corrected chi connectivity index (χ1v) is 13.6. The number of rotatable bonds is 10. The number of amides is 2. The lowest BCUT2D eigenvalue weighted by Gasteiger charge is -2.31. The number of halogens is 3. The van der Waals surface area contributed by atoms with Gasteiger partial charge in [0, 0.05) is 18.1 Å². The van der Waals surface area contributed by atoms with Crippen LogP contribution in [0.2, 0.25) is 15.1 Å². The van der Waals surface area contributed by atoms with Gasteiger partial charge in [0.2, 0.25) is 21.8 Å². The number of hydrogen-bond donors (Lipinski definition) is 1. The fraction of sp³-hybridized carbons (Fsp3) is 0.391. The maximum atomic E-state index is 13.4. The van der Waals surface area contributed by atoms with Crippen LogP contribution in [0.4, 0.5) is 5.69 Å². The molecule has 1 N–H and O–H groups in total. The van der Waals surface area contributed by atoms with E-state index in [0.717, 1.165) is 22.5 Å². The summed E-state index contributed by atoms with van der Waals surface area (Å²) in [6.07, 6.45) is 1.74. The number of benzene rings is 2. The highest BCUT2D eigenvalue weighted by atomic mass is 35.5. The minimum Gasteiger partial charge on any atom is -0.354 e. The molecule has 0 bridgehead atoms. The van der Waals surface area contributed by atoms with Crippen LogP contribution in [-0.4, -0.2) is 50.5 Å². The van der Waals surface area contributed by atoms with Crippen LogP contribution in [0.15, 0.2) is 36.4 Å². The predicted octanol–water partition coefficient (Wildman–Crippen LogP) is 4.66. The van der Waals surface area contributed by atoms with E-state index < -0.39 is 28.5 Å². The molecule has 34 heavy (non-hydrogen) atoms. The molecular weight excluding hydrogens is 521 g/mol. The summed E-state index contributed by atoms with van der Waals surface area (Å²) < 4.78 is 26.1. The molecular formula is C23H28Cl3N3O4S. The van der Waals surface area contributed by atoms with E-state index in [4.69, 9.17) is 34.8 Å². The van der Waals surface area contributed by atoms with Gasteiger partial charge in [0.05, 0.1) is 22.0 Å². The number of carbonyl (C=O) groups excluding carboxylic acids is 2. The molecule has 11 heteroatoms. The number of aryl methyl sites for hydroxylation is 1. The molecule has 0 heterocycles. The summed E-state index contributed by atoms with van der Waals surface area (Å²) >= 11 is 18.3. The number of sulfonamides is 1. The lowest BCUT2D eigenvalue weighted by atomic mass is 10.1. The third-order valence-electron chi connectivity index (χ3n) is 5.18. The molecule has 1 atom stereocenters. The molecule has 7 nitrogen and oxygen atoms in total. The monoisotopic (exact) mass is 547 g/mol. The Morgan fingerprint density at radius 2 is 1.71 bits per heavy atom. The Bertz CT molecular complexity index is 1160. The van der Waals surface area contributed by atoms with Gasteiger partial charge in [-0.05, 0) is 55.7 Å². The molecule has 0 radical (unpaired) electrons. The van der Waals surface area contributed by atoms with Crippen molar-refractivity contribution in [3.8, 4) is 0 Å². The first-order chi connectivity index (χ1) is 15.8. The van der Waals surface area contributed by atoms with Gasteiger partial charge in [0.25, 0.3) is 0 Å². The maximum Gasteiger partial charge on any atom is 0.244 e. The molecule has 0 aliphatic rings. The first-order valence-electron chi connectivity index (χ1n) is 10.6. The average Bonchev–Trinajstić information content (AvgIpc) is 2.77. The van der Waals surface area contributed by atoms with Crippen LogP contribution in [0, 0.1) is 6.92 Å². The molecule has 0 saturated heterocycles. The van der Waals surface area contributed by atoms with Crippen molar-refractivity contribution in [2.45, 2.75) is 39.8 Å². The van der Waals surface area contributed by atoms with Gasteiger partial charge < -0.3 is 10.2 Å².